The molecule has 0 fully saturated rings. The molecule has 0 spiro atoms. The van der Waals surface area contributed by atoms with Gasteiger partial charge in [-0.25, -0.2) is 4.98 Å². The van der Waals surface area contributed by atoms with E-state index >= 15 is 0 Å². The minimum absolute atomic E-state index is 0.268. The third-order valence-electron chi connectivity index (χ3n) is 4.22. The van der Waals surface area contributed by atoms with Crippen molar-refractivity contribution in [2.45, 2.75) is 53.9 Å². The lowest BCUT2D eigenvalue weighted by molar-refractivity contribution is 0.214. The van der Waals surface area contributed by atoms with Crippen molar-refractivity contribution in [3.63, 3.8) is 0 Å². The summed E-state index contributed by atoms with van der Waals surface area (Å²) in [6.07, 6.45) is 3.04. The number of nitrogens with two attached hydrogens (primary N) is 1. The maximum atomic E-state index is 5.76. The van der Waals surface area contributed by atoms with Gasteiger partial charge in [0.1, 0.15) is 5.82 Å². The molecule has 21 heavy (non-hydrogen) atoms. The molecule has 2 rings (SSSR count). The zero-order valence-corrected chi connectivity index (χ0v) is 13.8. The van der Waals surface area contributed by atoms with Crippen LogP contribution in [-0.4, -0.2) is 26.1 Å². The van der Waals surface area contributed by atoms with Gasteiger partial charge in [-0.2, -0.15) is 0 Å². The molecule has 1 atom stereocenters. The fraction of sp³-hybridized carbons (Fsp3) is 0.688. The van der Waals surface area contributed by atoms with E-state index in [0.29, 0.717) is 11.7 Å². The fourth-order valence-corrected chi connectivity index (χ4v) is 2.97. The molecular formula is C16H27N5. The average Bonchev–Trinajstić information content (AvgIpc) is 2.76. The highest BCUT2D eigenvalue weighted by molar-refractivity contribution is 5.32. The number of rotatable bonds is 5. The van der Waals surface area contributed by atoms with Crippen molar-refractivity contribution in [2.24, 2.45) is 17.1 Å². The van der Waals surface area contributed by atoms with E-state index in [4.69, 9.17) is 5.73 Å². The quantitative estimate of drug-likeness (QED) is 0.918. The monoisotopic (exact) mass is 289 g/mol. The zero-order chi connectivity index (χ0) is 15.6. The molecule has 0 amide bonds. The Balaban J connectivity index is 2.20. The molecule has 0 radical (unpaired) electrons. The van der Waals surface area contributed by atoms with Gasteiger partial charge in [-0.15, -0.1) is 10.2 Å². The summed E-state index contributed by atoms with van der Waals surface area (Å²) < 4.78 is 2.06. The first kappa shape index (κ1) is 15.9. The van der Waals surface area contributed by atoms with Crippen LogP contribution in [0.3, 0.4) is 0 Å². The summed E-state index contributed by atoms with van der Waals surface area (Å²) in [6, 6.07) is 2.07. The van der Waals surface area contributed by atoms with Crippen LogP contribution in [0.4, 0.5) is 0 Å². The molecule has 0 saturated heterocycles. The van der Waals surface area contributed by atoms with Gasteiger partial charge in [0.25, 0.3) is 5.78 Å². The summed E-state index contributed by atoms with van der Waals surface area (Å²) in [6.45, 7) is 11.7. The normalized spacial score (nSPS) is 13.8. The van der Waals surface area contributed by atoms with Gasteiger partial charge < -0.3 is 5.73 Å². The van der Waals surface area contributed by atoms with Crippen LogP contribution in [0.2, 0.25) is 0 Å². The van der Waals surface area contributed by atoms with E-state index in [2.05, 4.69) is 53.3 Å². The Morgan fingerprint density at radius 3 is 2.52 bits per heavy atom. The number of hydrogen-bond acceptors (Lipinski definition) is 4. The molecule has 0 saturated carbocycles. The minimum atomic E-state index is 0.268. The van der Waals surface area contributed by atoms with Crippen molar-refractivity contribution < 1.29 is 0 Å². The first-order chi connectivity index (χ1) is 9.82. The lowest BCUT2D eigenvalue weighted by Gasteiger charge is -2.30. The van der Waals surface area contributed by atoms with Gasteiger partial charge in [-0.05, 0) is 50.6 Å². The molecule has 0 aliphatic heterocycles. The number of aryl methyl sites for hydroxylation is 3. The molecule has 0 aromatic carbocycles. The lowest BCUT2D eigenvalue weighted by atomic mass is 9.76. The molecule has 0 aliphatic carbocycles. The van der Waals surface area contributed by atoms with E-state index < -0.39 is 0 Å². The van der Waals surface area contributed by atoms with E-state index in [0.717, 1.165) is 43.0 Å². The largest absolute Gasteiger partial charge is 0.330 e. The van der Waals surface area contributed by atoms with Crippen molar-refractivity contribution in [3.8, 4) is 0 Å². The Morgan fingerprint density at radius 2 is 1.90 bits per heavy atom. The van der Waals surface area contributed by atoms with Gasteiger partial charge in [0.15, 0.2) is 0 Å². The van der Waals surface area contributed by atoms with Crippen LogP contribution >= 0.6 is 0 Å². The molecule has 1 unspecified atom stereocenters. The summed E-state index contributed by atoms with van der Waals surface area (Å²) >= 11 is 0. The molecule has 2 N–H and O–H groups in total. The van der Waals surface area contributed by atoms with Crippen molar-refractivity contribution in [1.29, 1.82) is 0 Å². The molecule has 0 aliphatic rings. The second-order valence-electron chi connectivity index (χ2n) is 6.97. The van der Waals surface area contributed by atoms with Gasteiger partial charge in [-0.3, -0.25) is 4.40 Å². The maximum absolute atomic E-state index is 5.76. The van der Waals surface area contributed by atoms with E-state index in [-0.39, 0.29) is 5.41 Å². The predicted molar refractivity (Wildman–Crippen MR) is 85.2 cm³/mol. The van der Waals surface area contributed by atoms with Crippen LogP contribution < -0.4 is 5.73 Å². The second-order valence-corrected chi connectivity index (χ2v) is 6.97. The van der Waals surface area contributed by atoms with Crippen molar-refractivity contribution >= 4 is 5.78 Å². The van der Waals surface area contributed by atoms with Gasteiger partial charge in [0, 0.05) is 17.8 Å². The molecule has 2 aromatic rings. The lowest BCUT2D eigenvalue weighted by Crippen LogP contribution is -2.24. The highest BCUT2D eigenvalue weighted by atomic mass is 15.3. The van der Waals surface area contributed by atoms with Crippen molar-refractivity contribution in [2.75, 3.05) is 6.54 Å². The van der Waals surface area contributed by atoms with Crippen molar-refractivity contribution in [3.05, 3.63) is 23.3 Å². The van der Waals surface area contributed by atoms with E-state index in [1.165, 1.54) is 0 Å². The van der Waals surface area contributed by atoms with Gasteiger partial charge in [0.05, 0.1) is 0 Å². The Morgan fingerprint density at radius 1 is 1.19 bits per heavy atom. The molecule has 5 heteroatoms. The summed E-state index contributed by atoms with van der Waals surface area (Å²) in [4.78, 5) is 4.44. The van der Waals surface area contributed by atoms with E-state index in [1.54, 1.807) is 0 Å². The van der Waals surface area contributed by atoms with Crippen molar-refractivity contribution in [1.82, 2.24) is 19.6 Å². The molecule has 116 valence electrons. The van der Waals surface area contributed by atoms with E-state index in [9.17, 15) is 0 Å². The number of nitrogens with zero attached hydrogens (tertiary/aromatic N) is 4. The Bertz CT molecular complexity index is 609. The molecule has 5 nitrogen and oxygen atoms in total. The minimum Gasteiger partial charge on any atom is -0.330 e. The van der Waals surface area contributed by atoms with Crippen LogP contribution in [0, 0.1) is 25.2 Å². The van der Waals surface area contributed by atoms with Gasteiger partial charge in [-0.1, -0.05) is 20.8 Å². The summed E-state index contributed by atoms with van der Waals surface area (Å²) in [5, 5.41) is 8.53. The fourth-order valence-electron chi connectivity index (χ4n) is 2.97. The smallest absolute Gasteiger partial charge is 0.255 e. The van der Waals surface area contributed by atoms with Crippen LogP contribution in [0.1, 0.15) is 50.8 Å². The highest BCUT2D eigenvalue weighted by Gasteiger charge is 2.24. The first-order valence-corrected chi connectivity index (χ1v) is 7.71. The summed E-state index contributed by atoms with van der Waals surface area (Å²) in [7, 11) is 0. The Hall–Kier alpha value is -1.49. The van der Waals surface area contributed by atoms with Crippen LogP contribution in [0.25, 0.3) is 5.78 Å². The molecule has 2 aromatic heterocycles. The molecular weight excluding hydrogens is 262 g/mol. The third kappa shape index (κ3) is 3.59. The number of fused-ring (bicyclic) bond motifs is 1. The Labute approximate surface area is 127 Å². The average molecular weight is 289 g/mol. The number of aromatic nitrogens is 4. The summed E-state index contributed by atoms with van der Waals surface area (Å²) in [5.41, 5.74) is 8.15. The summed E-state index contributed by atoms with van der Waals surface area (Å²) in [5.74, 6) is 2.29. The zero-order valence-electron chi connectivity index (χ0n) is 13.8. The van der Waals surface area contributed by atoms with E-state index in [1.807, 2.05) is 6.92 Å². The SMILES string of the molecule is Cc1cc(C)n2c(CCC(CCN)C(C)(C)C)nnc2n1. The first-order valence-electron chi connectivity index (χ1n) is 7.71. The van der Waals surface area contributed by atoms with Crippen LogP contribution in [0.15, 0.2) is 6.07 Å². The van der Waals surface area contributed by atoms with Gasteiger partial charge in [0.2, 0.25) is 0 Å². The number of hydrogen-bond donors (Lipinski definition) is 1. The van der Waals surface area contributed by atoms with Crippen LogP contribution in [0.5, 0.6) is 0 Å². The predicted octanol–water partition coefficient (Wildman–Crippen LogP) is 2.68. The van der Waals surface area contributed by atoms with Crippen LogP contribution in [-0.2, 0) is 6.42 Å². The molecule has 2 heterocycles. The van der Waals surface area contributed by atoms with Gasteiger partial charge >= 0.3 is 0 Å². The highest BCUT2D eigenvalue weighted by Crippen LogP contribution is 2.32. The maximum Gasteiger partial charge on any atom is 0.255 e. The third-order valence-corrected chi connectivity index (χ3v) is 4.22. The topological polar surface area (TPSA) is 69.1 Å². The Kier molecular flexibility index (Phi) is 4.61. The second kappa shape index (κ2) is 6.10. The standard InChI is InChI=1S/C16H27N5/c1-11-10-12(2)21-14(19-20-15(21)18-11)7-6-13(8-9-17)16(3,4)5/h10,13H,6-9,17H2,1-5H3. The molecule has 0 bridgehead atoms.